The summed E-state index contributed by atoms with van der Waals surface area (Å²) in [6.07, 6.45) is 2.42. The van der Waals surface area contributed by atoms with E-state index in [4.69, 9.17) is 0 Å². The Balaban J connectivity index is 1.09. The molecule has 34 heavy (non-hydrogen) atoms. The number of para-hydroxylation sites is 1. The first-order chi connectivity index (χ1) is 16.5. The van der Waals surface area contributed by atoms with E-state index < -0.39 is 5.69 Å². The molecule has 0 unspecified atom stereocenters. The SMILES string of the molecule is O=C(CCCCn1c(=O)[nH]c2ccsc2c1=O)NCCCN1CCN(c2ccccc2F)CC1. The summed E-state index contributed by atoms with van der Waals surface area (Å²) < 4.78 is 15.7. The van der Waals surface area contributed by atoms with Crippen molar-refractivity contribution < 1.29 is 9.18 Å². The normalized spacial score (nSPS) is 14.6. The van der Waals surface area contributed by atoms with Gasteiger partial charge < -0.3 is 15.2 Å². The molecule has 0 saturated carbocycles. The monoisotopic (exact) mass is 487 g/mol. The second-order valence-electron chi connectivity index (χ2n) is 8.49. The molecule has 8 nitrogen and oxygen atoms in total. The van der Waals surface area contributed by atoms with Crippen molar-refractivity contribution in [2.24, 2.45) is 0 Å². The van der Waals surface area contributed by atoms with Crippen molar-refractivity contribution in [2.45, 2.75) is 32.2 Å². The van der Waals surface area contributed by atoms with E-state index in [0.717, 1.165) is 39.1 Å². The van der Waals surface area contributed by atoms with Gasteiger partial charge in [-0.3, -0.25) is 19.1 Å². The molecule has 2 aromatic heterocycles. The van der Waals surface area contributed by atoms with Gasteiger partial charge >= 0.3 is 5.69 Å². The van der Waals surface area contributed by atoms with Crippen LogP contribution < -0.4 is 21.5 Å². The number of H-pyrrole nitrogens is 1. The molecule has 1 aliphatic heterocycles. The minimum Gasteiger partial charge on any atom is -0.367 e. The van der Waals surface area contributed by atoms with E-state index in [2.05, 4.69) is 20.1 Å². The number of unbranched alkanes of at least 4 members (excludes halogenated alkanes) is 1. The van der Waals surface area contributed by atoms with Gasteiger partial charge in [0.05, 0.1) is 11.2 Å². The number of carbonyl (C=O) groups excluding carboxylic acids is 1. The fraction of sp³-hybridized carbons (Fsp3) is 0.458. The molecule has 3 aromatic rings. The molecule has 10 heteroatoms. The molecular weight excluding hydrogens is 457 g/mol. The average molecular weight is 488 g/mol. The molecular formula is C24H30FN5O3S. The molecule has 1 aliphatic rings. The lowest BCUT2D eigenvalue weighted by molar-refractivity contribution is -0.121. The Hall–Kier alpha value is -2.98. The first-order valence-electron chi connectivity index (χ1n) is 11.7. The van der Waals surface area contributed by atoms with E-state index in [0.29, 0.717) is 48.3 Å². The standard InChI is InChI=1S/C24H30FN5O3S/c25-18-6-1-2-7-20(18)29-15-13-28(14-16-29)11-5-10-26-21(31)8-3-4-12-30-23(32)22-19(9-17-34-22)27-24(30)33/h1-2,6-7,9,17H,3-5,8,10-16H2,(H,26,31)(H,27,33). The van der Waals surface area contributed by atoms with Crippen molar-refractivity contribution in [3.05, 3.63) is 62.4 Å². The van der Waals surface area contributed by atoms with Crippen LogP contribution >= 0.6 is 11.3 Å². The topological polar surface area (TPSA) is 90.4 Å². The highest BCUT2D eigenvalue weighted by Crippen LogP contribution is 2.20. The Morgan fingerprint density at radius 2 is 1.82 bits per heavy atom. The number of piperazine rings is 1. The molecule has 1 saturated heterocycles. The van der Waals surface area contributed by atoms with Gasteiger partial charge in [-0.05, 0) is 49.4 Å². The maximum absolute atomic E-state index is 13.9. The molecule has 4 rings (SSSR count). The van der Waals surface area contributed by atoms with Gasteiger partial charge in [-0.25, -0.2) is 9.18 Å². The van der Waals surface area contributed by atoms with Gasteiger partial charge in [-0.1, -0.05) is 12.1 Å². The highest BCUT2D eigenvalue weighted by atomic mass is 32.1. The Morgan fingerprint density at radius 1 is 1.03 bits per heavy atom. The van der Waals surface area contributed by atoms with Crippen LogP contribution in [-0.2, 0) is 11.3 Å². The largest absolute Gasteiger partial charge is 0.367 e. The number of rotatable bonds is 10. The average Bonchev–Trinajstić information content (AvgIpc) is 3.31. The highest BCUT2D eigenvalue weighted by molar-refractivity contribution is 7.17. The fourth-order valence-electron chi connectivity index (χ4n) is 4.27. The molecule has 0 atom stereocenters. The predicted molar refractivity (Wildman–Crippen MR) is 133 cm³/mol. The maximum atomic E-state index is 13.9. The number of hydrogen-bond acceptors (Lipinski definition) is 6. The van der Waals surface area contributed by atoms with Crippen LogP contribution in [0.5, 0.6) is 0 Å². The highest BCUT2D eigenvalue weighted by Gasteiger charge is 2.18. The number of benzene rings is 1. The zero-order valence-corrected chi connectivity index (χ0v) is 19.9. The van der Waals surface area contributed by atoms with Gasteiger partial charge in [0.2, 0.25) is 5.91 Å². The summed E-state index contributed by atoms with van der Waals surface area (Å²) in [5.41, 5.74) is 0.557. The lowest BCUT2D eigenvalue weighted by Crippen LogP contribution is -2.47. The quantitative estimate of drug-likeness (QED) is 0.429. The van der Waals surface area contributed by atoms with Gasteiger partial charge in [0.15, 0.2) is 0 Å². The molecule has 0 aliphatic carbocycles. The van der Waals surface area contributed by atoms with Crippen molar-refractivity contribution in [3.63, 3.8) is 0 Å². The number of halogens is 1. The number of aromatic nitrogens is 2. The third-order valence-corrected chi connectivity index (χ3v) is 7.07. The third-order valence-electron chi connectivity index (χ3n) is 6.17. The van der Waals surface area contributed by atoms with Gasteiger partial charge in [0.25, 0.3) is 5.56 Å². The lowest BCUT2D eigenvalue weighted by atomic mass is 10.2. The molecule has 1 aromatic carbocycles. The zero-order valence-electron chi connectivity index (χ0n) is 19.1. The Labute approximate surface area is 201 Å². The summed E-state index contributed by atoms with van der Waals surface area (Å²) in [5, 5.41) is 4.73. The van der Waals surface area contributed by atoms with E-state index >= 15 is 0 Å². The van der Waals surface area contributed by atoms with Crippen molar-refractivity contribution in [2.75, 3.05) is 44.2 Å². The minimum atomic E-state index is -0.407. The van der Waals surface area contributed by atoms with Crippen molar-refractivity contribution in [1.82, 2.24) is 19.8 Å². The van der Waals surface area contributed by atoms with Crippen LogP contribution in [-0.4, -0.2) is 59.6 Å². The van der Waals surface area contributed by atoms with Gasteiger partial charge in [-0.2, -0.15) is 0 Å². The second kappa shape index (κ2) is 11.4. The number of carbonyl (C=O) groups is 1. The van der Waals surface area contributed by atoms with Crippen molar-refractivity contribution in [1.29, 1.82) is 0 Å². The zero-order chi connectivity index (χ0) is 23.9. The maximum Gasteiger partial charge on any atom is 0.328 e. The molecule has 182 valence electrons. The Kier molecular flexibility index (Phi) is 8.12. The first-order valence-corrected chi connectivity index (χ1v) is 12.6. The van der Waals surface area contributed by atoms with Crippen LogP contribution in [0.15, 0.2) is 45.3 Å². The predicted octanol–water partition coefficient (Wildman–Crippen LogP) is 2.39. The number of fused-ring (bicyclic) bond motifs is 1. The van der Waals surface area contributed by atoms with E-state index in [-0.39, 0.29) is 17.3 Å². The Bertz CT molecular complexity index is 1230. The number of aromatic amines is 1. The van der Waals surface area contributed by atoms with Crippen LogP contribution in [0.1, 0.15) is 25.7 Å². The van der Waals surface area contributed by atoms with E-state index in [1.165, 1.54) is 22.0 Å². The summed E-state index contributed by atoms with van der Waals surface area (Å²) >= 11 is 1.31. The summed E-state index contributed by atoms with van der Waals surface area (Å²) in [6.45, 7) is 5.13. The van der Waals surface area contributed by atoms with Gasteiger partial charge in [0.1, 0.15) is 10.5 Å². The van der Waals surface area contributed by atoms with Crippen LogP contribution in [0.25, 0.3) is 10.2 Å². The summed E-state index contributed by atoms with van der Waals surface area (Å²) in [4.78, 5) is 43.7. The number of hydrogen-bond donors (Lipinski definition) is 2. The first kappa shape index (κ1) is 24.2. The van der Waals surface area contributed by atoms with E-state index in [9.17, 15) is 18.8 Å². The number of nitrogens with zero attached hydrogens (tertiary/aromatic N) is 3. The summed E-state index contributed by atoms with van der Waals surface area (Å²) in [5.74, 6) is -0.194. The van der Waals surface area contributed by atoms with E-state index in [1.807, 2.05) is 12.1 Å². The van der Waals surface area contributed by atoms with Crippen LogP contribution in [0, 0.1) is 5.82 Å². The summed E-state index contributed by atoms with van der Waals surface area (Å²) in [7, 11) is 0. The molecule has 1 amide bonds. The molecule has 3 heterocycles. The third kappa shape index (κ3) is 5.92. The Morgan fingerprint density at radius 3 is 2.62 bits per heavy atom. The minimum absolute atomic E-state index is 0.0145. The van der Waals surface area contributed by atoms with Crippen LogP contribution in [0.3, 0.4) is 0 Å². The molecule has 0 bridgehead atoms. The van der Waals surface area contributed by atoms with E-state index in [1.54, 1.807) is 17.5 Å². The molecule has 1 fully saturated rings. The summed E-state index contributed by atoms with van der Waals surface area (Å²) in [6, 6.07) is 8.60. The smallest absolute Gasteiger partial charge is 0.328 e. The van der Waals surface area contributed by atoms with Gasteiger partial charge in [0, 0.05) is 45.7 Å². The number of anilines is 1. The van der Waals surface area contributed by atoms with Gasteiger partial charge in [-0.15, -0.1) is 11.3 Å². The molecule has 0 spiro atoms. The van der Waals surface area contributed by atoms with Crippen molar-refractivity contribution >= 4 is 33.1 Å². The number of amides is 1. The fourth-order valence-corrected chi connectivity index (χ4v) is 5.07. The van der Waals surface area contributed by atoms with Crippen LogP contribution in [0.4, 0.5) is 10.1 Å². The second-order valence-corrected chi connectivity index (χ2v) is 9.41. The lowest BCUT2D eigenvalue weighted by Gasteiger charge is -2.36. The molecule has 2 N–H and O–H groups in total. The number of nitrogens with one attached hydrogen (secondary N) is 2. The molecule has 0 radical (unpaired) electrons. The number of thiophene rings is 1. The van der Waals surface area contributed by atoms with Crippen molar-refractivity contribution in [3.8, 4) is 0 Å². The van der Waals surface area contributed by atoms with Crippen LogP contribution in [0.2, 0.25) is 0 Å².